The molecule has 0 nitrogen and oxygen atoms in total. The molecule has 0 spiro atoms. The summed E-state index contributed by atoms with van der Waals surface area (Å²) in [5.74, 6) is 1.89. The van der Waals surface area contributed by atoms with Gasteiger partial charge in [0.05, 0.1) is 0 Å². The van der Waals surface area contributed by atoms with Gasteiger partial charge in [-0.15, -0.1) is 0 Å². The highest BCUT2D eigenvalue weighted by Crippen LogP contribution is 2.23. The topological polar surface area (TPSA) is 0 Å². The molecule has 0 bridgehead atoms. The van der Waals surface area contributed by atoms with E-state index in [0.29, 0.717) is 0 Å². The first kappa shape index (κ1) is 32.0. The van der Waals surface area contributed by atoms with Gasteiger partial charge >= 0.3 is 0 Å². The summed E-state index contributed by atoms with van der Waals surface area (Å²) in [5.41, 5.74) is 0. The molecule has 0 aromatic rings. The van der Waals surface area contributed by atoms with Crippen molar-refractivity contribution in [3.05, 3.63) is 0 Å². The lowest BCUT2D eigenvalue weighted by molar-refractivity contribution is 0.356. The Labute approximate surface area is 206 Å². The van der Waals surface area contributed by atoms with Gasteiger partial charge in [0.25, 0.3) is 0 Å². The van der Waals surface area contributed by atoms with Crippen LogP contribution < -0.4 is 0 Å². The zero-order valence-electron chi connectivity index (χ0n) is 23.5. The zero-order valence-corrected chi connectivity index (χ0v) is 23.5. The summed E-state index contributed by atoms with van der Waals surface area (Å²) >= 11 is 0. The Morgan fingerprint density at radius 3 is 0.781 bits per heavy atom. The van der Waals surface area contributed by atoms with Crippen molar-refractivity contribution >= 4 is 0 Å². The number of unbranched alkanes of at least 4 members (excludes halogenated alkanes) is 21. The Hall–Kier alpha value is 0. The molecule has 0 aromatic heterocycles. The fraction of sp³-hybridized carbons (Fsp3) is 1.00. The number of hydrogen-bond acceptors (Lipinski definition) is 0. The summed E-state index contributed by atoms with van der Waals surface area (Å²) in [5, 5.41) is 0. The Kier molecular flexibility index (Phi) is 27.2. The molecule has 0 N–H and O–H groups in total. The predicted molar refractivity (Wildman–Crippen MR) is 150 cm³/mol. The largest absolute Gasteiger partial charge is 0.0654 e. The van der Waals surface area contributed by atoms with Crippen molar-refractivity contribution < 1.29 is 0 Å². The minimum Gasteiger partial charge on any atom is -0.0654 e. The highest BCUT2D eigenvalue weighted by Gasteiger charge is 2.08. The van der Waals surface area contributed by atoms with Crippen molar-refractivity contribution in [2.24, 2.45) is 11.8 Å². The van der Waals surface area contributed by atoms with Gasteiger partial charge in [-0.25, -0.2) is 0 Å². The van der Waals surface area contributed by atoms with Crippen LogP contribution in [0.5, 0.6) is 0 Å². The van der Waals surface area contributed by atoms with Crippen molar-refractivity contribution in [2.75, 3.05) is 0 Å². The molecular weight excluding hydrogens is 384 g/mol. The van der Waals surface area contributed by atoms with E-state index in [-0.39, 0.29) is 0 Å². The maximum atomic E-state index is 2.51. The van der Waals surface area contributed by atoms with Crippen molar-refractivity contribution in [3.8, 4) is 0 Å². The molecule has 0 heterocycles. The first-order chi connectivity index (χ1) is 15.7. The van der Waals surface area contributed by atoms with Gasteiger partial charge in [-0.05, 0) is 18.3 Å². The fourth-order valence-corrected chi connectivity index (χ4v) is 5.41. The zero-order chi connectivity index (χ0) is 23.5. The average molecular weight is 451 g/mol. The smallest absolute Gasteiger partial charge is 0.0440 e. The fourth-order valence-electron chi connectivity index (χ4n) is 5.41. The van der Waals surface area contributed by atoms with Crippen LogP contribution in [-0.4, -0.2) is 0 Å². The SMILES string of the molecule is CCCCCCCCCCCCCCC[C@H](C)C[C@H](C)CCCCCCCCCCCC. The Morgan fingerprint density at radius 2 is 0.531 bits per heavy atom. The quantitative estimate of drug-likeness (QED) is 0.109. The monoisotopic (exact) mass is 451 g/mol. The third-order valence-electron chi connectivity index (χ3n) is 7.66. The second-order valence-corrected chi connectivity index (χ2v) is 11.4. The highest BCUT2D eigenvalue weighted by atomic mass is 14.1. The van der Waals surface area contributed by atoms with E-state index in [1.54, 1.807) is 0 Å². The summed E-state index contributed by atoms with van der Waals surface area (Å²) in [7, 11) is 0. The van der Waals surface area contributed by atoms with Gasteiger partial charge in [-0.2, -0.15) is 0 Å². The third kappa shape index (κ3) is 26.3. The molecular formula is C32H66. The lowest BCUT2D eigenvalue weighted by Crippen LogP contribution is -2.03. The second-order valence-electron chi connectivity index (χ2n) is 11.4. The van der Waals surface area contributed by atoms with Crippen molar-refractivity contribution in [2.45, 2.75) is 195 Å². The Bertz CT molecular complexity index is 320. The van der Waals surface area contributed by atoms with Crippen LogP contribution in [0.4, 0.5) is 0 Å². The number of rotatable bonds is 27. The third-order valence-corrected chi connectivity index (χ3v) is 7.66. The standard InChI is InChI=1S/C32H66/c1-5-7-9-11-13-15-17-18-19-21-23-25-27-29-32(4)30-31(3)28-26-24-22-20-16-14-12-10-8-6-2/h31-32H,5-30H2,1-4H3/t31-,32+/m1/s1. The van der Waals surface area contributed by atoms with Crippen LogP contribution in [0.15, 0.2) is 0 Å². The molecule has 0 aliphatic heterocycles. The van der Waals surface area contributed by atoms with E-state index in [0.717, 1.165) is 11.8 Å². The van der Waals surface area contributed by atoms with Crippen LogP contribution in [0.2, 0.25) is 0 Å². The summed E-state index contributed by atoms with van der Waals surface area (Å²) in [6, 6.07) is 0. The molecule has 0 aromatic carbocycles. The Morgan fingerprint density at radius 1 is 0.312 bits per heavy atom. The molecule has 194 valence electrons. The molecule has 32 heavy (non-hydrogen) atoms. The maximum Gasteiger partial charge on any atom is -0.0440 e. The van der Waals surface area contributed by atoms with E-state index in [2.05, 4.69) is 27.7 Å². The molecule has 0 unspecified atom stereocenters. The van der Waals surface area contributed by atoms with Gasteiger partial charge in [0.15, 0.2) is 0 Å². The molecule has 0 saturated heterocycles. The van der Waals surface area contributed by atoms with E-state index >= 15 is 0 Å². The summed E-state index contributed by atoms with van der Waals surface area (Å²) in [4.78, 5) is 0. The number of hydrogen-bond donors (Lipinski definition) is 0. The predicted octanol–water partition coefficient (Wildman–Crippen LogP) is 12.4. The van der Waals surface area contributed by atoms with Crippen LogP contribution in [0.25, 0.3) is 0 Å². The lowest BCUT2D eigenvalue weighted by atomic mass is 9.89. The molecule has 0 saturated carbocycles. The van der Waals surface area contributed by atoms with Crippen molar-refractivity contribution in [3.63, 3.8) is 0 Å². The van der Waals surface area contributed by atoms with Gasteiger partial charge in [-0.3, -0.25) is 0 Å². The summed E-state index contributed by atoms with van der Waals surface area (Å²) < 4.78 is 0. The van der Waals surface area contributed by atoms with Gasteiger partial charge in [-0.1, -0.05) is 188 Å². The van der Waals surface area contributed by atoms with E-state index in [9.17, 15) is 0 Å². The van der Waals surface area contributed by atoms with Crippen LogP contribution in [0, 0.1) is 11.8 Å². The van der Waals surface area contributed by atoms with Crippen LogP contribution in [-0.2, 0) is 0 Å². The van der Waals surface area contributed by atoms with Gasteiger partial charge in [0, 0.05) is 0 Å². The van der Waals surface area contributed by atoms with E-state index in [4.69, 9.17) is 0 Å². The molecule has 0 radical (unpaired) electrons. The van der Waals surface area contributed by atoms with Crippen molar-refractivity contribution in [1.29, 1.82) is 0 Å². The Balaban J connectivity index is 3.28. The normalized spacial score (nSPS) is 13.5. The first-order valence-electron chi connectivity index (χ1n) is 15.7. The molecule has 0 aliphatic rings. The molecule has 2 atom stereocenters. The minimum atomic E-state index is 0.945. The van der Waals surface area contributed by atoms with Gasteiger partial charge in [0.1, 0.15) is 0 Å². The molecule has 0 heteroatoms. The first-order valence-corrected chi connectivity index (χ1v) is 15.7. The molecule has 0 fully saturated rings. The molecule has 0 aliphatic carbocycles. The molecule has 0 amide bonds. The van der Waals surface area contributed by atoms with Crippen LogP contribution >= 0.6 is 0 Å². The highest BCUT2D eigenvalue weighted by molar-refractivity contribution is 4.61. The lowest BCUT2D eigenvalue weighted by Gasteiger charge is -2.17. The van der Waals surface area contributed by atoms with Gasteiger partial charge in [0.2, 0.25) is 0 Å². The second kappa shape index (κ2) is 27.2. The van der Waals surface area contributed by atoms with Gasteiger partial charge < -0.3 is 0 Å². The maximum absolute atomic E-state index is 2.51. The summed E-state index contributed by atoms with van der Waals surface area (Å²) in [6.45, 7) is 9.63. The van der Waals surface area contributed by atoms with E-state index < -0.39 is 0 Å². The van der Waals surface area contributed by atoms with Crippen LogP contribution in [0.3, 0.4) is 0 Å². The molecule has 0 rings (SSSR count). The average Bonchev–Trinajstić information content (AvgIpc) is 2.78. The van der Waals surface area contributed by atoms with E-state index in [1.165, 1.54) is 167 Å². The summed E-state index contributed by atoms with van der Waals surface area (Å²) in [6.07, 6.45) is 38.1. The minimum absolute atomic E-state index is 0.945. The van der Waals surface area contributed by atoms with E-state index in [1.807, 2.05) is 0 Å². The van der Waals surface area contributed by atoms with Crippen molar-refractivity contribution in [1.82, 2.24) is 0 Å². The van der Waals surface area contributed by atoms with Crippen LogP contribution in [0.1, 0.15) is 195 Å².